The van der Waals surface area contributed by atoms with Crippen LogP contribution in [0.4, 0.5) is 0 Å². The molecule has 2 aliphatic rings. The Hall–Kier alpha value is -1.85. The molecule has 2 heterocycles. The largest absolute Gasteiger partial charge is 0.497 e. The zero-order chi connectivity index (χ0) is 17.4. The Labute approximate surface area is 145 Å². The van der Waals surface area contributed by atoms with Crippen LogP contribution in [0.15, 0.2) is 41.0 Å². The molecule has 1 aromatic carbocycles. The van der Waals surface area contributed by atoms with Gasteiger partial charge in [-0.3, -0.25) is 9.89 Å². The van der Waals surface area contributed by atoms with Crippen molar-refractivity contribution < 1.29 is 9.84 Å². The standard InChI is InChI=1S/C16H21N3O2.C3H8/c1-21-16-4-2-13(3-5-16)8-18-9-14-6-7-17-12-19(14)10-15(18)11-20;1-3-2/h2-6,12,15,20H,7-11H2,1H3;3H2,1-2H3/t15-;/m1./s1. The van der Waals surface area contributed by atoms with Gasteiger partial charge in [0, 0.05) is 25.3 Å². The fraction of sp³-hybridized carbons (Fsp3) is 0.526. The van der Waals surface area contributed by atoms with E-state index in [9.17, 15) is 5.11 Å². The lowest BCUT2D eigenvalue weighted by Gasteiger charge is -2.42. The highest BCUT2D eigenvalue weighted by Crippen LogP contribution is 2.22. The third-order valence-corrected chi connectivity index (χ3v) is 4.07. The molecule has 0 radical (unpaired) electrons. The van der Waals surface area contributed by atoms with Gasteiger partial charge in [0.25, 0.3) is 0 Å². The first-order chi connectivity index (χ1) is 11.7. The number of aliphatic hydroxyl groups is 1. The van der Waals surface area contributed by atoms with Gasteiger partial charge in [-0.2, -0.15) is 0 Å². The summed E-state index contributed by atoms with van der Waals surface area (Å²) in [5.41, 5.74) is 2.51. The number of nitrogens with zero attached hydrogens (tertiary/aromatic N) is 3. The minimum Gasteiger partial charge on any atom is -0.497 e. The van der Waals surface area contributed by atoms with Crippen molar-refractivity contribution in [3.63, 3.8) is 0 Å². The van der Waals surface area contributed by atoms with E-state index >= 15 is 0 Å². The minimum atomic E-state index is 0.133. The van der Waals surface area contributed by atoms with E-state index in [1.807, 2.05) is 18.5 Å². The van der Waals surface area contributed by atoms with Crippen LogP contribution in [0.25, 0.3) is 0 Å². The van der Waals surface area contributed by atoms with Gasteiger partial charge in [0.2, 0.25) is 0 Å². The monoisotopic (exact) mass is 331 g/mol. The summed E-state index contributed by atoms with van der Waals surface area (Å²) in [7, 11) is 1.67. The second-order valence-corrected chi connectivity index (χ2v) is 6.13. The molecule has 0 aromatic heterocycles. The predicted octanol–water partition coefficient (Wildman–Crippen LogP) is 2.52. The van der Waals surface area contributed by atoms with Gasteiger partial charge in [0.15, 0.2) is 0 Å². The molecule has 1 saturated heterocycles. The van der Waals surface area contributed by atoms with Crippen molar-refractivity contribution in [2.24, 2.45) is 4.99 Å². The van der Waals surface area contributed by atoms with Gasteiger partial charge in [0.05, 0.1) is 32.6 Å². The number of aliphatic hydroxyl groups excluding tert-OH is 1. The molecule has 1 aromatic rings. The van der Waals surface area contributed by atoms with Crippen molar-refractivity contribution in [2.45, 2.75) is 32.9 Å². The van der Waals surface area contributed by atoms with Gasteiger partial charge in [-0.25, -0.2) is 0 Å². The summed E-state index contributed by atoms with van der Waals surface area (Å²) >= 11 is 0. The minimum absolute atomic E-state index is 0.133. The van der Waals surface area contributed by atoms with Gasteiger partial charge >= 0.3 is 0 Å². The molecular formula is C19H29N3O2. The van der Waals surface area contributed by atoms with E-state index in [1.54, 1.807) is 7.11 Å². The molecule has 5 nitrogen and oxygen atoms in total. The van der Waals surface area contributed by atoms with E-state index in [0.717, 1.165) is 31.9 Å². The summed E-state index contributed by atoms with van der Waals surface area (Å²) < 4.78 is 5.19. The van der Waals surface area contributed by atoms with E-state index in [-0.39, 0.29) is 12.6 Å². The molecule has 5 heteroatoms. The summed E-state index contributed by atoms with van der Waals surface area (Å²) in [4.78, 5) is 8.74. The molecule has 24 heavy (non-hydrogen) atoms. The summed E-state index contributed by atoms with van der Waals surface area (Å²) in [6.07, 6.45) is 5.30. The zero-order valence-electron chi connectivity index (χ0n) is 15.0. The first-order valence-corrected chi connectivity index (χ1v) is 8.65. The van der Waals surface area contributed by atoms with E-state index < -0.39 is 0 Å². The number of methoxy groups -OCH3 is 1. The third kappa shape index (κ3) is 4.82. The van der Waals surface area contributed by atoms with Crippen LogP contribution in [-0.4, -0.2) is 60.6 Å². The highest BCUT2D eigenvalue weighted by molar-refractivity contribution is 5.60. The third-order valence-electron chi connectivity index (χ3n) is 4.07. The smallest absolute Gasteiger partial charge is 0.118 e. The summed E-state index contributed by atoms with van der Waals surface area (Å²) in [6, 6.07) is 8.25. The topological polar surface area (TPSA) is 48.3 Å². The van der Waals surface area contributed by atoms with E-state index in [2.05, 4.69) is 46.8 Å². The maximum atomic E-state index is 9.66. The molecule has 1 atom stereocenters. The Bertz CT molecular complexity index is 554. The normalized spacial score (nSPS) is 19.9. The fourth-order valence-corrected chi connectivity index (χ4v) is 2.82. The Morgan fingerprint density at radius 3 is 2.58 bits per heavy atom. The number of rotatable bonds is 4. The quantitative estimate of drug-likeness (QED) is 0.921. The summed E-state index contributed by atoms with van der Waals surface area (Å²) in [6.45, 7) is 7.64. The molecule has 132 valence electrons. The van der Waals surface area contributed by atoms with Crippen LogP contribution in [0, 0.1) is 0 Å². The first-order valence-electron chi connectivity index (χ1n) is 8.65. The van der Waals surface area contributed by atoms with Crippen LogP contribution in [0.3, 0.4) is 0 Å². The number of benzene rings is 1. The van der Waals surface area contributed by atoms with E-state index in [4.69, 9.17) is 4.74 Å². The van der Waals surface area contributed by atoms with Crippen LogP contribution < -0.4 is 4.74 Å². The highest BCUT2D eigenvalue weighted by Gasteiger charge is 2.29. The van der Waals surface area contributed by atoms with Crippen LogP contribution in [0.2, 0.25) is 0 Å². The summed E-state index contributed by atoms with van der Waals surface area (Å²) in [5.74, 6) is 0.869. The lowest BCUT2D eigenvalue weighted by Crippen LogP contribution is -2.53. The van der Waals surface area contributed by atoms with Crippen LogP contribution in [0.5, 0.6) is 5.75 Å². The predicted molar refractivity (Wildman–Crippen MR) is 98.4 cm³/mol. The Morgan fingerprint density at radius 1 is 1.25 bits per heavy atom. The molecule has 0 saturated carbocycles. The number of aliphatic imine (C=N–C) groups is 1. The molecule has 0 unspecified atom stereocenters. The molecule has 0 aliphatic carbocycles. The molecule has 2 aliphatic heterocycles. The van der Waals surface area contributed by atoms with Crippen molar-refractivity contribution >= 4 is 6.34 Å². The summed E-state index contributed by atoms with van der Waals surface area (Å²) in [5, 5.41) is 9.66. The number of hydrogen-bond donors (Lipinski definition) is 1. The second-order valence-electron chi connectivity index (χ2n) is 6.13. The molecule has 0 spiro atoms. The molecule has 1 fully saturated rings. The number of piperazine rings is 1. The zero-order valence-corrected chi connectivity index (χ0v) is 15.0. The van der Waals surface area contributed by atoms with Crippen molar-refractivity contribution in [2.75, 3.05) is 33.4 Å². The second kappa shape index (κ2) is 9.45. The average molecular weight is 331 g/mol. The van der Waals surface area contributed by atoms with Gasteiger partial charge in [-0.15, -0.1) is 0 Å². The molecular weight excluding hydrogens is 302 g/mol. The van der Waals surface area contributed by atoms with Gasteiger partial charge in [0.1, 0.15) is 5.75 Å². The van der Waals surface area contributed by atoms with E-state index in [1.165, 1.54) is 17.7 Å². The molecule has 1 N–H and O–H groups in total. The van der Waals surface area contributed by atoms with Crippen molar-refractivity contribution in [1.82, 2.24) is 9.80 Å². The van der Waals surface area contributed by atoms with Gasteiger partial charge in [-0.05, 0) is 23.8 Å². The Morgan fingerprint density at radius 2 is 1.96 bits per heavy atom. The van der Waals surface area contributed by atoms with E-state index in [0.29, 0.717) is 0 Å². The van der Waals surface area contributed by atoms with Gasteiger partial charge in [-0.1, -0.05) is 32.4 Å². The van der Waals surface area contributed by atoms with Crippen LogP contribution in [-0.2, 0) is 6.54 Å². The van der Waals surface area contributed by atoms with Crippen molar-refractivity contribution in [3.8, 4) is 5.75 Å². The Balaban J connectivity index is 0.000000647. The highest BCUT2D eigenvalue weighted by atomic mass is 16.5. The van der Waals surface area contributed by atoms with Crippen molar-refractivity contribution in [1.29, 1.82) is 0 Å². The molecule has 0 amide bonds. The number of ether oxygens (including phenoxy) is 1. The first kappa shape index (κ1) is 18.5. The van der Waals surface area contributed by atoms with Crippen LogP contribution in [0.1, 0.15) is 25.8 Å². The lowest BCUT2D eigenvalue weighted by atomic mass is 10.1. The number of hydrogen-bond acceptors (Lipinski definition) is 5. The fourth-order valence-electron chi connectivity index (χ4n) is 2.82. The average Bonchev–Trinajstić information content (AvgIpc) is 2.62. The Kier molecular flexibility index (Phi) is 7.28. The molecule has 0 bridgehead atoms. The maximum Gasteiger partial charge on any atom is 0.118 e. The lowest BCUT2D eigenvalue weighted by molar-refractivity contribution is 0.0823. The molecule has 3 rings (SSSR count). The van der Waals surface area contributed by atoms with Gasteiger partial charge < -0.3 is 14.7 Å². The maximum absolute atomic E-state index is 9.66. The van der Waals surface area contributed by atoms with Crippen LogP contribution >= 0.6 is 0 Å². The SMILES string of the molecule is CCC.COc1ccc(CN2CC3=CCN=CN3C[C@@H]2CO)cc1. The van der Waals surface area contributed by atoms with Crippen molar-refractivity contribution in [3.05, 3.63) is 41.6 Å². The number of fused-ring (bicyclic) bond motifs is 1.